The molecule has 1 aromatic carbocycles. The first kappa shape index (κ1) is 9.68. The Morgan fingerprint density at radius 2 is 2.07 bits per heavy atom. The van der Waals surface area contributed by atoms with Crippen LogP contribution in [0.25, 0.3) is 0 Å². The van der Waals surface area contributed by atoms with Crippen LogP contribution in [0.15, 0.2) is 28.7 Å². The zero-order chi connectivity index (χ0) is 10.1. The fourth-order valence-corrected chi connectivity index (χ4v) is 1.69. The first-order chi connectivity index (χ1) is 6.68. The lowest BCUT2D eigenvalue weighted by Gasteiger charge is -2.15. The molecule has 14 heavy (non-hydrogen) atoms. The van der Waals surface area contributed by atoms with E-state index in [0.717, 1.165) is 16.7 Å². The standard InChI is InChI=1S/C10H11BrN2O/c1-7-6-12-13(10(7)14)9-4-2-8(11)3-5-9/h2-5,7,12H,6H2,1H3. The predicted octanol–water partition coefficient (Wildman–Crippen LogP) is 1.94. The summed E-state index contributed by atoms with van der Waals surface area (Å²) >= 11 is 3.36. The smallest absolute Gasteiger partial charge is 0.245 e. The first-order valence-electron chi connectivity index (χ1n) is 4.51. The van der Waals surface area contributed by atoms with Crippen molar-refractivity contribution < 1.29 is 4.79 Å². The Hall–Kier alpha value is -0.870. The van der Waals surface area contributed by atoms with Gasteiger partial charge in [0, 0.05) is 11.0 Å². The number of hydrazine groups is 1. The Labute approximate surface area is 91.2 Å². The summed E-state index contributed by atoms with van der Waals surface area (Å²) in [5.74, 6) is 0.200. The van der Waals surface area contributed by atoms with Crippen LogP contribution in [0.1, 0.15) is 6.92 Å². The summed E-state index contributed by atoms with van der Waals surface area (Å²) < 4.78 is 1.01. The van der Waals surface area contributed by atoms with Gasteiger partial charge >= 0.3 is 0 Å². The second kappa shape index (κ2) is 3.71. The van der Waals surface area contributed by atoms with Crippen LogP contribution in [0.2, 0.25) is 0 Å². The van der Waals surface area contributed by atoms with Crippen LogP contribution in [0, 0.1) is 5.92 Å². The Morgan fingerprint density at radius 3 is 2.57 bits per heavy atom. The minimum atomic E-state index is 0.0682. The van der Waals surface area contributed by atoms with Gasteiger partial charge < -0.3 is 0 Å². The third-order valence-electron chi connectivity index (χ3n) is 2.28. The minimum absolute atomic E-state index is 0.0682. The van der Waals surface area contributed by atoms with E-state index >= 15 is 0 Å². The molecule has 0 spiro atoms. The van der Waals surface area contributed by atoms with Gasteiger partial charge in [-0.2, -0.15) is 0 Å². The normalized spacial score (nSPS) is 21.7. The van der Waals surface area contributed by atoms with Crippen molar-refractivity contribution in [3.05, 3.63) is 28.7 Å². The summed E-state index contributed by atoms with van der Waals surface area (Å²) in [5.41, 5.74) is 3.95. The summed E-state index contributed by atoms with van der Waals surface area (Å²) in [4.78, 5) is 11.6. The number of carbonyl (C=O) groups excluding carboxylic acids is 1. The molecule has 1 atom stereocenters. The monoisotopic (exact) mass is 254 g/mol. The fraction of sp³-hybridized carbons (Fsp3) is 0.300. The maximum atomic E-state index is 11.6. The van der Waals surface area contributed by atoms with E-state index in [-0.39, 0.29) is 11.8 Å². The molecule has 0 bridgehead atoms. The van der Waals surface area contributed by atoms with Crippen molar-refractivity contribution >= 4 is 27.5 Å². The molecule has 1 fully saturated rings. The number of halogens is 1. The highest BCUT2D eigenvalue weighted by molar-refractivity contribution is 9.10. The second-order valence-corrected chi connectivity index (χ2v) is 4.33. The molecule has 1 heterocycles. The van der Waals surface area contributed by atoms with Crippen molar-refractivity contribution in [1.82, 2.24) is 5.43 Å². The molecule has 1 aliphatic heterocycles. The average Bonchev–Trinajstić information content (AvgIpc) is 2.50. The van der Waals surface area contributed by atoms with Gasteiger partial charge in [-0.05, 0) is 24.3 Å². The highest BCUT2D eigenvalue weighted by Gasteiger charge is 2.28. The predicted molar refractivity (Wildman–Crippen MR) is 58.8 cm³/mol. The van der Waals surface area contributed by atoms with Gasteiger partial charge in [-0.15, -0.1) is 0 Å². The summed E-state index contributed by atoms with van der Waals surface area (Å²) in [6.07, 6.45) is 0. The van der Waals surface area contributed by atoms with Crippen molar-refractivity contribution in [2.45, 2.75) is 6.92 Å². The van der Waals surface area contributed by atoms with Crippen LogP contribution in [-0.2, 0) is 4.79 Å². The van der Waals surface area contributed by atoms with Gasteiger partial charge in [0.15, 0.2) is 0 Å². The summed E-state index contributed by atoms with van der Waals surface area (Å²) in [6.45, 7) is 2.64. The van der Waals surface area contributed by atoms with Gasteiger partial charge in [0.1, 0.15) is 0 Å². The highest BCUT2D eigenvalue weighted by atomic mass is 79.9. The van der Waals surface area contributed by atoms with E-state index in [1.54, 1.807) is 5.01 Å². The first-order valence-corrected chi connectivity index (χ1v) is 5.31. The molecule has 0 aromatic heterocycles. The molecule has 1 saturated heterocycles. The van der Waals surface area contributed by atoms with Gasteiger partial charge in [-0.3, -0.25) is 4.79 Å². The molecule has 1 aliphatic rings. The quantitative estimate of drug-likeness (QED) is 0.831. The van der Waals surface area contributed by atoms with Crippen LogP contribution in [0.4, 0.5) is 5.69 Å². The molecule has 0 saturated carbocycles. The van der Waals surface area contributed by atoms with Crippen LogP contribution < -0.4 is 10.4 Å². The third kappa shape index (κ3) is 1.67. The van der Waals surface area contributed by atoms with E-state index < -0.39 is 0 Å². The van der Waals surface area contributed by atoms with Gasteiger partial charge in [0.25, 0.3) is 0 Å². The van der Waals surface area contributed by atoms with E-state index in [0.29, 0.717) is 0 Å². The number of nitrogens with one attached hydrogen (secondary N) is 1. The fourth-order valence-electron chi connectivity index (χ4n) is 1.42. The van der Waals surface area contributed by atoms with Crippen molar-refractivity contribution in [1.29, 1.82) is 0 Å². The lowest BCUT2D eigenvalue weighted by Crippen LogP contribution is -2.34. The zero-order valence-corrected chi connectivity index (χ0v) is 9.41. The summed E-state index contributed by atoms with van der Waals surface area (Å²) in [6, 6.07) is 7.67. The van der Waals surface area contributed by atoms with Crippen molar-refractivity contribution in [2.24, 2.45) is 5.92 Å². The lowest BCUT2D eigenvalue weighted by molar-refractivity contribution is -0.119. The summed E-state index contributed by atoms with van der Waals surface area (Å²) in [5, 5.41) is 1.61. The number of rotatable bonds is 1. The van der Waals surface area contributed by atoms with E-state index in [2.05, 4.69) is 21.4 Å². The van der Waals surface area contributed by atoms with Gasteiger partial charge in [-0.1, -0.05) is 22.9 Å². The molecular weight excluding hydrogens is 244 g/mol. The number of carbonyl (C=O) groups is 1. The number of nitrogens with zero attached hydrogens (tertiary/aromatic N) is 1. The number of amides is 1. The van der Waals surface area contributed by atoms with Crippen LogP contribution in [0.3, 0.4) is 0 Å². The minimum Gasteiger partial charge on any atom is -0.273 e. The molecule has 2 rings (SSSR count). The molecule has 0 aliphatic carbocycles. The highest BCUT2D eigenvalue weighted by Crippen LogP contribution is 2.21. The van der Waals surface area contributed by atoms with Crippen LogP contribution >= 0.6 is 15.9 Å². The number of benzene rings is 1. The molecule has 1 N–H and O–H groups in total. The van der Waals surface area contributed by atoms with Crippen molar-refractivity contribution in [2.75, 3.05) is 11.6 Å². The van der Waals surface area contributed by atoms with E-state index in [1.807, 2.05) is 31.2 Å². The molecule has 1 amide bonds. The van der Waals surface area contributed by atoms with E-state index in [1.165, 1.54) is 0 Å². The molecule has 74 valence electrons. The molecule has 1 aromatic rings. The topological polar surface area (TPSA) is 32.3 Å². The second-order valence-electron chi connectivity index (χ2n) is 3.41. The van der Waals surface area contributed by atoms with Crippen LogP contribution in [0.5, 0.6) is 0 Å². The number of anilines is 1. The van der Waals surface area contributed by atoms with Crippen LogP contribution in [-0.4, -0.2) is 12.5 Å². The van der Waals surface area contributed by atoms with Crippen molar-refractivity contribution in [3.63, 3.8) is 0 Å². The molecule has 0 radical (unpaired) electrons. The number of hydrogen-bond donors (Lipinski definition) is 1. The molecular formula is C10H11BrN2O. The lowest BCUT2D eigenvalue weighted by atomic mass is 10.2. The zero-order valence-electron chi connectivity index (χ0n) is 7.83. The Bertz CT molecular complexity index is 350. The van der Waals surface area contributed by atoms with Gasteiger partial charge in [0.2, 0.25) is 5.91 Å². The maximum Gasteiger partial charge on any atom is 0.245 e. The SMILES string of the molecule is CC1CNN(c2ccc(Br)cc2)C1=O. The average molecular weight is 255 g/mol. The van der Waals surface area contributed by atoms with Crippen molar-refractivity contribution in [3.8, 4) is 0 Å². The Morgan fingerprint density at radius 1 is 1.43 bits per heavy atom. The summed E-state index contributed by atoms with van der Waals surface area (Å²) in [7, 11) is 0. The Balaban J connectivity index is 2.24. The van der Waals surface area contributed by atoms with Gasteiger partial charge in [-0.25, -0.2) is 10.4 Å². The van der Waals surface area contributed by atoms with Gasteiger partial charge in [0.05, 0.1) is 11.6 Å². The largest absolute Gasteiger partial charge is 0.273 e. The van der Waals surface area contributed by atoms with E-state index in [9.17, 15) is 4.79 Å². The number of hydrogen-bond acceptors (Lipinski definition) is 2. The third-order valence-corrected chi connectivity index (χ3v) is 2.81. The van der Waals surface area contributed by atoms with E-state index in [4.69, 9.17) is 0 Å². The molecule has 3 nitrogen and oxygen atoms in total. The molecule has 1 unspecified atom stereocenters. The Kier molecular flexibility index (Phi) is 2.56. The maximum absolute atomic E-state index is 11.6. The molecule has 4 heteroatoms.